The molecule has 0 aliphatic carbocycles. The highest BCUT2D eigenvalue weighted by atomic mass is 16.6. The summed E-state index contributed by atoms with van der Waals surface area (Å²) in [6.07, 6.45) is 0. The zero-order valence-corrected chi connectivity index (χ0v) is 10.3. The number of esters is 1. The highest BCUT2D eigenvalue weighted by Gasteiger charge is 2.07. The van der Waals surface area contributed by atoms with Crippen LogP contribution in [0.3, 0.4) is 0 Å². The summed E-state index contributed by atoms with van der Waals surface area (Å²) < 4.78 is 10.1. The van der Waals surface area contributed by atoms with Gasteiger partial charge in [-0.05, 0) is 17.3 Å². The molecule has 0 saturated heterocycles. The molecule has 19 heavy (non-hydrogen) atoms. The number of nitrogens with two attached hydrogens (primary N) is 1. The Morgan fingerprint density at radius 1 is 1.47 bits per heavy atom. The number of benzene rings is 1. The van der Waals surface area contributed by atoms with Gasteiger partial charge in [-0.2, -0.15) is 4.80 Å². The number of tetrazole rings is 1. The van der Waals surface area contributed by atoms with Gasteiger partial charge >= 0.3 is 5.97 Å². The molecule has 0 radical (unpaired) electrons. The number of rotatable bonds is 5. The van der Waals surface area contributed by atoms with Crippen molar-refractivity contribution in [3.8, 4) is 5.75 Å². The van der Waals surface area contributed by atoms with E-state index in [9.17, 15) is 4.79 Å². The molecule has 1 aromatic carbocycles. The van der Waals surface area contributed by atoms with Crippen molar-refractivity contribution in [2.75, 3.05) is 12.3 Å². The lowest BCUT2D eigenvalue weighted by atomic mass is 10.3. The predicted molar refractivity (Wildman–Crippen MR) is 64.9 cm³/mol. The van der Waals surface area contributed by atoms with E-state index in [1.54, 1.807) is 31.3 Å². The molecule has 2 N–H and O–H groups in total. The molecular weight excluding hydrogens is 250 g/mol. The molecule has 0 fully saturated rings. The maximum Gasteiger partial charge on any atom is 0.344 e. The highest BCUT2D eigenvalue weighted by molar-refractivity contribution is 5.71. The summed E-state index contributed by atoms with van der Waals surface area (Å²) in [4.78, 5) is 12.7. The fourth-order valence-corrected chi connectivity index (χ4v) is 1.31. The zero-order valence-electron chi connectivity index (χ0n) is 10.3. The van der Waals surface area contributed by atoms with Crippen LogP contribution >= 0.6 is 0 Å². The van der Waals surface area contributed by atoms with Crippen molar-refractivity contribution in [3.05, 3.63) is 30.1 Å². The lowest BCUT2D eigenvalue weighted by Crippen LogP contribution is -2.15. The lowest BCUT2D eigenvalue weighted by Gasteiger charge is -2.06. The maximum absolute atomic E-state index is 11.4. The second-order valence-electron chi connectivity index (χ2n) is 3.72. The maximum atomic E-state index is 11.4. The molecule has 100 valence electrons. The summed E-state index contributed by atoms with van der Waals surface area (Å²) in [7, 11) is 1.63. The smallest absolute Gasteiger partial charge is 0.344 e. The largest absolute Gasteiger partial charge is 0.482 e. The van der Waals surface area contributed by atoms with Crippen LogP contribution < -0.4 is 10.5 Å². The summed E-state index contributed by atoms with van der Waals surface area (Å²) in [6.45, 7) is -0.239. The number of anilines is 1. The highest BCUT2D eigenvalue weighted by Crippen LogP contribution is 2.14. The fraction of sp³-hybridized carbons (Fsp3) is 0.273. The number of ether oxygens (including phenoxy) is 2. The van der Waals surface area contributed by atoms with Gasteiger partial charge in [0.25, 0.3) is 0 Å². The Kier molecular flexibility index (Phi) is 3.91. The van der Waals surface area contributed by atoms with Gasteiger partial charge in [0.15, 0.2) is 13.2 Å². The Hall–Kier alpha value is -2.64. The van der Waals surface area contributed by atoms with Crippen LogP contribution in [0.15, 0.2) is 24.3 Å². The van der Waals surface area contributed by atoms with E-state index in [2.05, 4.69) is 15.4 Å². The first kappa shape index (κ1) is 12.8. The van der Waals surface area contributed by atoms with E-state index < -0.39 is 5.97 Å². The summed E-state index contributed by atoms with van der Waals surface area (Å²) in [5.74, 6) is 0.323. The van der Waals surface area contributed by atoms with Crippen LogP contribution in [-0.2, 0) is 23.2 Å². The first-order valence-corrected chi connectivity index (χ1v) is 5.50. The van der Waals surface area contributed by atoms with Crippen LogP contribution in [-0.4, -0.2) is 32.8 Å². The summed E-state index contributed by atoms with van der Waals surface area (Å²) in [5, 5.41) is 11.2. The van der Waals surface area contributed by atoms with Gasteiger partial charge in [0.1, 0.15) is 5.75 Å². The Morgan fingerprint density at radius 2 is 2.32 bits per heavy atom. The quantitative estimate of drug-likeness (QED) is 0.593. The van der Waals surface area contributed by atoms with Gasteiger partial charge < -0.3 is 15.2 Å². The SMILES string of the molecule is Cn1nnc(COC(=O)COc2cccc(N)c2)n1. The second-order valence-corrected chi connectivity index (χ2v) is 3.72. The van der Waals surface area contributed by atoms with Crippen molar-refractivity contribution in [2.45, 2.75) is 6.61 Å². The van der Waals surface area contributed by atoms with Crippen molar-refractivity contribution >= 4 is 11.7 Å². The number of nitrogen functional groups attached to an aromatic ring is 1. The van der Waals surface area contributed by atoms with Gasteiger partial charge in [-0.3, -0.25) is 0 Å². The van der Waals surface area contributed by atoms with E-state index in [0.29, 0.717) is 17.3 Å². The number of nitrogens with zero attached hydrogens (tertiary/aromatic N) is 4. The third kappa shape index (κ3) is 3.95. The summed E-state index contributed by atoms with van der Waals surface area (Å²) in [6, 6.07) is 6.79. The van der Waals surface area contributed by atoms with Crippen molar-refractivity contribution < 1.29 is 14.3 Å². The molecule has 1 aromatic heterocycles. The van der Waals surface area contributed by atoms with Gasteiger partial charge in [-0.1, -0.05) is 6.07 Å². The average Bonchev–Trinajstić information content (AvgIpc) is 2.80. The van der Waals surface area contributed by atoms with Crippen molar-refractivity contribution in [1.82, 2.24) is 20.2 Å². The van der Waals surface area contributed by atoms with Crippen molar-refractivity contribution in [3.63, 3.8) is 0 Å². The molecule has 8 heteroatoms. The number of aromatic nitrogens is 4. The first-order chi connectivity index (χ1) is 9.13. The summed E-state index contributed by atoms with van der Waals surface area (Å²) in [5.41, 5.74) is 6.14. The molecular formula is C11H13N5O3. The molecule has 0 saturated carbocycles. The van der Waals surface area contributed by atoms with Crippen molar-refractivity contribution in [2.24, 2.45) is 7.05 Å². The molecule has 0 atom stereocenters. The van der Waals surface area contributed by atoms with E-state index in [1.807, 2.05) is 0 Å². The Labute approximate surface area is 109 Å². The van der Waals surface area contributed by atoms with Crippen LogP contribution in [0.4, 0.5) is 5.69 Å². The van der Waals surface area contributed by atoms with Gasteiger partial charge in [-0.15, -0.1) is 10.2 Å². The Balaban J connectivity index is 1.75. The standard InChI is InChI=1S/C11H13N5O3/c1-16-14-10(13-15-16)6-19-11(17)7-18-9-4-2-3-8(12)5-9/h2-5H,6-7,12H2,1H3. The van der Waals surface area contributed by atoms with E-state index in [-0.39, 0.29) is 13.2 Å². The minimum Gasteiger partial charge on any atom is -0.482 e. The molecule has 0 amide bonds. The van der Waals surface area contributed by atoms with Crippen LogP contribution in [0.5, 0.6) is 5.75 Å². The van der Waals surface area contributed by atoms with E-state index >= 15 is 0 Å². The molecule has 1 heterocycles. The van der Waals surface area contributed by atoms with Crippen LogP contribution in [0, 0.1) is 0 Å². The molecule has 0 unspecified atom stereocenters. The Morgan fingerprint density at radius 3 is 3.00 bits per heavy atom. The molecule has 2 aromatic rings. The molecule has 2 rings (SSSR count). The van der Waals surface area contributed by atoms with Crippen LogP contribution in [0.2, 0.25) is 0 Å². The normalized spacial score (nSPS) is 10.2. The minimum atomic E-state index is -0.519. The number of carbonyl (C=O) groups excluding carboxylic acids is 1. The van der Waals surface area contributed by atoms with Crippen LogP contribution in [0.1, 0.15) is 5.82 Å². The second kappa shape index (κ2) is 5.80. The van der Waals surface area contributed by atoms with Crippen molar-refractivity contribution in [1.29, 1.82) is 0 Å². The minimum absolute atomic E-state index is 0.0348. The molecule has 0 bridgehead atoms. The fourth-order valence-electron chi connectivity index (χ4n) is 1.31. The topological polar surface area (TPSA) is 105 Å². The predicted octanol–water partition coefficient (Wildman–Crippen LogP) is -0.0855. The zero-order chi connectivity index (χ0) is 13.7. The molecule has 8 nitrogen and oxygen atoms in total. The number of aryl methyl sites for hydroxylation is 1. The lowest BCUT2D eigenvalue weighted by molar-refractivity contribution is -0.147. The van der Waals surface area contributed by atoms with Crippen LogP contribution in [0.25, 0.3) is 0 Å². The monoisotopic (exact) mass is 263 g/mol. The van der Waals surface area contributed by atoms with Gasteiger partial charge in [0, 0.05) is 11.8 Å². The molecule has 0 spiro atoms. The van der Waals surface area contributed by atoms with E-state index in [4.69, 9.17) is 15.2 Å². The average molecular weight is 263 g/mol. The summed E-state index contributed by atoms with van der Waals surface area (Å²) >= 11 is 0. The number of hydrogen-bond donors (Lipinski definition) is 1. The van der Waals surface area contributed by atoms with Gasteiger partial charge in [0.05, 0.1) is 7.05 Å². The van der Waals surface area contributed by atoms with E-state index in [0.717, 1.165) is 0 Å². The van der Waals surface area contributed by atoms with Gasteiger partial charge in [-0.25, -0.2) is 4.79 Å². The molecule has 0 aliphatic heterocycles. The van der Waals surface area contributed by atoms with E-state index in [1.165, 1.54) is 4.80 Å². The number of hydrogen-bond acceptors (Lipinski definition) is 7. The Bertz CT molecular complexity index is 569. The third-order valence-electron chi connectivity index (χ3n) is 2.13. The molecule has 0 aliphatic rings. The number of carbonyl (C=O) groups is 1. The third-order valence-corrected chi connectivity index (χ3v) is 2.13. The van der Waals surface area contributed by atoms with Gasteiger partial charge in [0.2, 0.25) is 5.82 Å². The first-order valence-electron chi connectivity index (χ1n) is 5.50.